The van der Waals surface area contributed by atoms with Gasteiger partial charge < -0.3 is 19.7 Å². The van der Waals surface area contributed by atoms with Crippen molar-refractivity contribution in [1.82, 2.24) is 9.80 Å². The summed E-state index contributed by atoms with van der Waals surface area (Å²) in [6.07, 6.45) is 0.876. The summed E-state index contributed by atoms with van der Waals surface area (Å²) in [5.74, 6) is -1.11. The van der Waals surface area contributed by atoms with Crippen LogP contribution >= 0.6 is 11.3 Å². The van der Waals surface area contributed by atoms with Gasteiger partial charge in [0, 0.05) is 44.9 Å². The van der Waals surface area contributed by atoms with Crippen molar-refractivity contribution in [2.24, 2.45) is 0 Å². The van der Waals surface area contributed by atoms with Gasteiger partial charge in [0.25, 0.3) is 11.8 Å². The number of ether oxygens (including phenoxy) is 2. The molecule has 1 N–H and O–H groups in total. The number of nitrogens with zero attached hydrogens (tertiary/aromatic N) is 2. The zero-order valence-electron chi connectivity index (χ0n) is 19.6. The van der Waals surface area contributed by atoms with Crippen LogP contribution in [0.15, 0.2) is 24.3 Å². The number of carbonyl (C=O) groups excluding carboxylic acids is 3. The van der Waals surface area contributed by atoms with Gasteiger partial charge in [0.15, 0.2) is 0 Å². The zero-order chi connectivity index (χ0) is 24.0. The van der Waals surface area contributed by atoms with Crippen LogP contribution in [0.5, 0.6) is 0 Å². The number of benzene rings is 1. The average Bonchev–Trinajstić information content (AvgIpc) is 3.16. The largest absolute Gasteiger partial charge is 0.462 e. The van der Waals surface area contributed by atoms with Gasteiger partial charge in [-0.05, 0) is 31.0 Å². The number of amides is 2. The molecule has 0 bridgehead atoms. The average molecular weight is 474 g/mol. The molecule has 1 fully saturated rings. The van der Waals surface area contributed by atoms with Gasteiger partial charge in [-0.25, -0.2) is 4.79 Å². The summed E-state index contributed by atoms with van der Waals surface area (Å²) in [5.41, 5.74) is 2.43. The van der Waals surface area contributed by atoms with Gasteiger partial charge >= 0.3 is 5.97 Å². The van der Waals surface area contributed by atoms with Gasteiger partial charge in [0.1, 0.15) is 5.00 Å². The number of carbonyl (C=O) groups is 3. The minimum absolute atomic E-state index is 0.189. The first-order chi connectivity index (χ1) is 15.8. The minimum atomic E-state index is -0.550. The lowest BCUT2D eigenvalue weighted by atomic mass is 10.1. The Bertz CT molecular complexity index is 994. The molecule has 3 rings (SSSR count). The van der Waals surface area contributed by atoms with Crippen LogP contribution in [0, 0.1) is 0 Å². The van der Waals surface area contributed by atoms with Gasteiger partial charge in [0.05, 0.1) is 30.3 Å². The maximum atomic E-state index is 13.0. The number of nitrogens with one attached hydrogen (secondary N) is 1. The Morgan fingerprint density at radius 3 is 2.36 bits per heavy atom. The van der Waals surface area contributed by atoms with E-state index in [0.29, 0.717) is 53.9 Å². The van der Waals surface area contributed by atoms with Gasteiger partial charge in [-0.1, -0.05) is 19.1 Å². The molecule has 178 valence electrons. The summed E-state index contributed by atoms with van der Waals surface area (Å²) in [6.45, 7) is 6.92. The van der Waals surface area contributed by atoms with Crippen molar-refractivity contribution in [3.8, 4) is 0 Å². The van der Waals surface area contributed by atoms with Crippen LogP contribution in [0.2, 0.25) is 0 Å². The van der Waals surface area contributed by atoms with Crippen molar-refractivity contribution in [3.05, 3.63) is 51.4 Å². The molecule has 9 heteroatoms. The standard InChI is InChI=1S/C24H31N3O5S/c1-5-16-7-9-17(10-8-16)21(28)25-22-19(24(30)32-6-2)18(15-27-11-13-31-14-12-27)20(33-22)23(29)26(3)4/h7-10H,5-6,11-15H2,1-4H3,(H,25,28). The molecule has 8 nitrogen and oxygen atoms in total. The first kappa shape index (κ1) is 24.9. The summed E-state index contributed by atoms with van der Waals surface area (Å²) in [6, 6.07) is 7.32. The van der Waals surface area contributed by atoms with Crippen LogP contribution in [-0.4, -0.2) is 74.6 Å². The van der Waals surface area contributed by atoms with Crippen molar-refractivity contribution >= 4 is 34.1 Å². The summed E-state index contributed by atoms with van der Waals surface area (Å²) < 4.78 is 10.7. The number of esters is 1. The molecule has 1 aromatic heterocycles. The van der Waals surface area contributed by atoms with E-state index in [-0.39, 0.29) is 24.0 Å². The number of rotatable bonds is 8. The summed E-state index contributed by atoms with van der Waals surface area (Å²) in [7, 11) is 3.33. The smallest absolute Gasteiger partial charge is 0.341 e. The molecule has 1 aliphatic rings. The Kier molecular flexibility index (Phi) is 8.60. The van der Waals surface area contributed by atoms with E-state index >= 15 is 0 Å². The van der Waals surface area contributed by atoms with Crippen LogP contribution in [0.25, 0.3) is 0 Å². The number of morpholine rings is 1. The second-order valence-corrected chi connectivity index (χ2v) is 8.95. The third-order valence-corrected chi connectivity index (χ3v) is 6.56. The number of hydrogen-bond donors (Lipinski definition) is 1. The highest BCUT2D eigenvalue weighted by Gasteiger charge is 2.31. The molecule has 1 aliphatic heterocycles. The molecule has 0 radical (unpaired) electrons. The fourth-order valence-electron chi connectivity index (χ4n) is 3.55. The van der Waals surface area contributed by atoms with Crippen LogP contribution in [0.3, 0.4) is 0 Å². The maximum absolute atomic E-state index is 13.0. The molecule has 1 saturated heterocycles. The molecule has 2 amide bonds. The first-order valence-corrected chi connectivity index (χ1v) is 11.9. The van der Waals surface area contributed by atoms with E-state index in [1.54, 1.807) is 33.2 Å². The van der Waals surface area contributed by atoms with Gasteiger partial charge in [0.2, 0.25) is 0 Å². The van der Waals surface area contributed by atoms with Gasteiger partial charge in [-0.3, -0.25) is 14.5 Å². The number of aryl methyl sites for hydroxylation is 1. The van der Waals surface area contributed by atoms with Crippen molar-refractivity contribution in [2.45, 2.75) is 26.8 Å². The van der Waals surface area contributed by atoms with Crippen LogP contribution in [-0.2, 0) is 22.4 Å². The Balaban J connectivity index is 2.02. The lowest BCUT2D eigenvalue weighted by Crippen LogP contribution is -2.36. The predicted molar refractivity (Wildman–Crippen MR) is 128 cm³/mol. The fraction of sp³-hybridized carbons (Fsp3) is 0.458. The number of thiophene rings is 1. The quantitative estimate of drug-likeness (QED) is 0.592. The third kappa shape index (κ3) is 5.98. The molecular formula is C24H31N3O5S. The van der Waals surface area contributed by atoms with Crippen LogP contribution < -0.4 is 5.32 Å². The SMILES string of the molecule is CCOC(=O)c1c(NC(=O)c2ccc(CC)cc2)sc(C(=O)N(C)C)c1CN1CCOCC1. The van der Waals surface area contributed by atoms with E-state index in [9.17, 15) is 14.4 Å². The molecule has 2 aromatic rings. The van der Waals surface area contributed by atoms with Crippen molar-refractivity contribution in [2.75, 3.05) is 52.3 Å². The van der Waals surface area contributed by atoms with Crippen LogP contribution in [0.1, 0.15) is 55.4 Å². The molecule has 1 aromatic carbocycles. The Morgan fingerprint density at radius 2 is 1.79 bits per heavy atom. The molecule has 0 spiro atoms. The first-order valence-electron chi connectivity index (χ1n) is 11.1. The minimum Gasteiger partial charge on any atom is -0.462 e. The highest BCUT2D eigenvalue weighted by Crippen LogP contribution is 2.36. The number of anilines is 1. The molecule has 2 heterocycles. The Labute approximate surface area is 198 Å². The van der Waals surface area contributed by atoms with Gasteiger partial charge in [-0.15, -0.1) is 11.3 Å². The summed E-state index contributed by atoms with van der Waals surface area (Å²) in [4.78, 5) is 43.0. The second kappa shape index (κ2) is 11.4. The van der Waals surface area contributed by atoms with E-state index < -0.39 is 5.97 Å². The third-order valence-electron chi connectivity index (χ3n) is 5.42. The zero-order valence-corrected chi connectivity index (χ0v) is 20.4. The lowest BCUT2D eigenvalue weighted by Gasteiger charge is -2.27. The fourth-order valence-corrected chi connectivity index (χ4v) is 4.77. The summed E-state index contributed by atoms with van der Waals surface area (Å²) >= 11 is 1.11. The number of hydrogen-bond acceptors (Lipinski definition) is 7. The normalized spacial score (nSPS) is 14.1. The second-order valence-electron chi connectivity index (χ2n) is 7.93. The Hall–Kier alpha value is -2.75. The van der Waals surface area contributed by atoms with E-state index in [2.05, 4.69) is 10.2 Å². The molecule has 0 atom stereocenters. The van der Waals surface area contributed by atoms with E-state index in [0.717, 1.165) is 23.3 Å². The molecule has 0 saturated carbocycles. The van der Waals surface area contributed by atoms with Crippen LogP contribution in [0.4, 0.5) is 5.00 Å². The highest BCUT2D eigenvalue weighted by atomic mass is 32.1. The summed E-state index contributed by atoms with van der Waals surface area (Å²) in [5, 5.41) is 3.19. The molecule has 0 aliphatic carbocycles. The lowest BCUT2D eigenvalue weighted by molar-refractivity contribution is 0.0336. The van der Waals surface area contributed by atoms with Crippen molar-refractivity contribution < 1.29 is 23.9 Å². The maximum Gasteiger partial charge on any atom is 0.341 e. The van der Waals surface area contributed by atoms with E-state index in [4.69, 9.17) is 9.47 Å². The monoisotopic (exact) mass is 473 g/mol. The topological polar surface area (TPSA) is 88.2 Å². The van der Waals surface area contributed by atoms with Crippen molar-refractivity contribution in [1.29, 1.82) is 0 Å². The Morgan fingerprint density at radius 1 is 1.12 bits per heavy atom. The van der Waals surface area contributed by atoms with Crippen molar-refractivity contribution in [3.63, 3.8) is 0 Å². The predicted octanol–water partition coefficient (Wildman–Crippen LogP) is 3.27. The van der Waals surface area contributed by atoms with E-state index in [1.165, 1.54) is 4.90 Å². The van der Waals surface area contributed by atoms with Gasteiger partial charge in [-0.2, -0.15) is 0 Å². The van der Waals surface area contributed by atoms with E-state index in [1.807, 2.05) is 19.1 Å². The molecule has 33 heavy (non-hydrogen) atoms. The molecular weight excluding hydrogens is 442 g/mol. The molecule has 0 unspecified atom stereocenters. The highest BCUT2D eigenvalue weighted by molar-refractivity contribution is 7.18.